The summed E-state index contributed by atoms with van der Waals surface area (Å²) in [6.45, 7) is 4.81. The van der Waals surface area contributed by atoms with E-state index in [1.54, 1.807) is 0 Å². The van der Waals surface area contributed by atoms with Crippen LogP contribution >= 0.6 is 0 Å². The van der Waals surface area contributed by atoms with Crippen molar-refractivity contribution in [3.8, 4) is 0 Å². The molecular formula is C37H62N3O6+. The second kappa shape index (κ2) is 16.8. The van der Waals surface area contributed by atoms with E-state index in [0.717, 1.165) is 89.4 Å². The molecule has 0 aromatic carbocycles. The third-order valence-electron chi connectivity index (χ3n) is 11.1. The summed E-state index contributed by atoms with van der Waals surface area (Å²) in [5.74, 6) is 0.449. The molecule has 0 radical (unpaired) electrons. The number of methoxy groups -OCH3 is 1. The van der Waals surface area contributed by atoms with Gasteiger partial charge in [0.1, 0.15) is 0 Å². The molecule has 0 aliphatic carbocycles. The molecule has 2 saturated heterocycles. The third-order valence-corrected chi connectivity index (χ3v) is 11.1. The van der Waals surface area contributed by atoms with E-state index in [9.17, 15) is 9.59 Å². The Bertz CT molecular complexity index is 1080. The zero-order valence-corrected chi connectivity index (χ0v) is 29.0. The summed E-state index contributed by atoms with van der Waals surface area (Å²) < 4.78 is 26.7. The predicted octanol–water partition coefficient (Wildman–Crippen LogP) is 6.62. The molecule has 0 unspecified atom stereocenters. The number of hydrogen-bond donors (Lipinski definition) is 2. The maximum absolute atomic E-state index is 14.0. The third kappa shape index (κ3) is 8.66. The number of guanidine groups is 1. The molecule has 0 aromatic rings. The van der Waals surface area contributed by atoms with Crippen molar-refractivity contribution >= 4 is 17.9 Å². The highest BCUT2D eigenvalue weighted by Crippen LogP contribution is 2.45. The minimum Gasteiger partial charge on any atom is -0.469 e. The number of rotatable bonds is 16. The van der Waals surface area contributed by atoms with Crippen LogP contribution in [0.3, 0.4) is 0 Å². The van der Waals surface area contributed by atoms with Gasteiger partial charge in [-0.05, 0) is 58.3 Å². The summed E-state index contributed by atoms with van der Waals surface area (Å²) in [5, 5.41) is 7.65. The van der Waals surface area contributed by atoms with Gasteiger partial charge in [-0.25, -0.2) is 10.6 Å². The van der Waals surface area contributed by atoms with Crippen LogP contribution in [0.15, 0.2) is 12.2 Å². The zero-order valence-electron chi connectivity index (χ0n) is 29.0. The van der Waals surface area contributed by atoms with E-state index >= 15 is 0 Å². The number of ether oxygens (including phenoxy) is 4. The average molecular weight is 645 g/mol. The fourth-order valence-electron chi connectivity index (χ4n) is 8.72. The van der Waals surface area contributed by atoms with Crippen LogP contribution in [-0.2, 0) is 28.5 Å². The fourth-order valence-corrected chi connectivity index (χ4v) is 8.72. The maximum Gasteiger partial charge on any atom is 0.350 e. The van der Waals surface area contributed by atoms with Gasteiger partial charge in [0, 0.05) is 25.7 Å². The highest BCUT2D eigenvalue weighted by molar-refractivity contribution is 5.82. The summed E-state index contributed by atoms with van der Waals surface area (Å²) in [4.78, 5) is 25.1. The monoisotopic (exact) mass is 644 g/mol. The SMILES string of the molecule is CC[C@H]1C=CCC[C@@]2(C[C@@H]3CC[C@@H]4[C@H](C(=O)OCCCCCCCCCCCCCC(=O)OC)[C@]5(CCC[C@@H](C)O5)NC(=[N+]34)N2)O1. The molecule has 46 heavy (non-hydrogen) atoms. The molecule has 260 valence electrons. The van der Waals surface area contributed by atoms with Crippen LogP contribution in [0.2, 0.25) is 0 Å². The first-order valence-corrected chi connectivity index (χ1v) is 18.9. The first kappa shape index (κ1) is 35.2. The highest BCUT2D eigenvalue weighted by atomic mass is 16.6. The van der Waals surface area contributed by atoms with Crippen molar-refractivity contribution in [2.45, 2.75) is 184 Å². The first-order chi connectivity index (χ1) is 22.4. The summed E-state index contributed by atoms with van der Waals surface area (Å²) in [5.41, 5.74) is -1.15. The minimum absolute atomic E-state index is 0.0719. The van der Waals surface area contributed by atoms with E-state index in [4.69, 9.17) is 18.9 Å². The number of allylic oxidation sites excluding steroid dienone is 1. The lowest BCUT2D eigenvalue weighted by Gasteiger charge is -2.50. The second-order valence-electron chi connectivity index (χ2n) is 14.6. The Kier molecular flexibility index (Phi) is 12.9. The van der Waals surface area contributed by atoms with Crippen LogP contribution < -0.4 is 10.6 Å². The number of nitrogens with one attached hydrogen (secondary N) is 2. The van der Waals surface area contributed by atoms with Gasteiger partial charge in [-0.1, -0.05) is 76.9 Å². The van der Waals surface area contributed by atoms with Crippen LogP contribution in [0.1, 0.15) is 149 Å². The van der Waals surface area contributed by atoms with E-state index in [1.165, 1.54) is 52.1 Å². The molecule has 0 saturated carbocycles. The van der Waals surface area contributed by atoms with Crippen LogP contribution in [0.25, 0.3) is 0 Å². The van der Waals surface area contributed by atoms with Gasteiger partial charge in [0.25, 0.3) is 0 Å². The lowest BCUT2D eigenvalue weighted by Crippen LogP contribution is -2.76. The Morgan fingerprint density at radius 2 is 1.65 bits per heavy atom. The number of nitrogens with zero attached hydrogens (tertiary/aromatic N) is 1. The summed E-state index contributed by atoms with van der Waals surface area (Å²) >= 11 is 0. The Balaban J connectivity index is 1.08. The van der Waals surface area contributed by atoms with Crippen molar-refractivity contribution < 1.29 is 33.1 Å². The highest BCUT2D eigenvalue weighted by Gasteiger charge is 2.64. The molecular weight excluding hydrogens is 582 g/mol. The number of unbranched alkanes of at least 4 members (excludes halogenated alkanes) is 10. The Morgan fingerprint density at radius 3 is 2.35 bits per heavy atom. The van der Waals surface area contributed by atoms with Gasteiger partial charge in [0.15, 0.2) is 11.6 Å². The smallest absolute Gasteiger partial charge is 0.350 e. The van der Waals surface area contributed by atoms with Gasteiger partial charge < -0.3 is 18.9 Å². The van der Waals surface area contributed by atoms with Gasteiger partial charge in [-0.3, -0.25) is 14.2 Å². The predicted molar refractivity (Wildman–Crippen MR) is 178 cm³/mol. The van der Waals surface area contributed by atoms with Crippen molar-refractivity contribution in [2.75, 3.05) is 13.7 Å². The fraction of sp³-hybridized carbons (Fsp3) is 0.865. The zero-order chi connectivity index (χ0) is 32.4. The molecule has 5 aliphatic heterocycles. The van der Waals surface area contributed by atoms with E-state index in [-0.39, 0.29) is 36.1 Å². The molecule has 2 N–H and O–H groups in total. The molecule has 2 spiro atoms. The normalized spacial score (nSPS) is 33.3. The molecule has 9 heteroatoms. The van der Waals surface area contributed by atoms with Crippen molar-refractivity contribution in [3.05, 3.63) is 12.2 Å². The maximum atomic E-state index is 14.0. The number of esters is 2. The molecule has 5 rings (SSSR count). The molecule has 5 heterocycles. The lowest BCUT2D eigenvalue weighted by atomic mass is 9.80. The average Bonchev–Trinajstić information content (AvgIpc) is 3.34. The number of carbonyl (C=O) groups excluding carboxylic acids is 2. The largest absolute Gasteiger partial charge is 0.469 e. The van der Waals surface area contributed by atoms with Gasteiger partial charge in [-0.2, -0.15) is 0 Å². The minimum atomic E-state index is -0.750. The molecule has 0 bridgehead atoms. The van der Waals surface area contributed by atoms with E-state index in [0.29, 0.717) is 19.1 Å². The van der Waals surface area contributed by atoms with Crippen molar-refractivity contribution in [3.63, 3.8) is 0 Å². The standard InChI is InChI=1S/C37H61N3O6/c1-4-30-20-15-16-24-36(46-30)27-29-22-23-31-33(37(25-18-19-28(2)45-37)39-35(38-36)40(29)31)34(42)44-26-17-13-11-9-7-5-6-8-10-12-14-21-32(41)43-3/h15,20,28-31,33H,4-14,16-19,21-27H2,1-3H3,(H,38,39)/p+1/t28-,29+,30+,31-,33-,36+,37-/m1/s1. The van der Waals surface area contributed by atoms with Crippen molar-refractivity contribution in [1.82, 2.24) is 10.6 Å². The van der Waals surface area contributed by atoms with E-state index < -0.39 is 11.4 Å². The second-order valence-corrected chi connectivity index (χ2v) is 14.6. The van der Waals surface area contributed by atoms with Gasteiger partial charge in [-0.15, -0.1) is 0 Å². The Morgan fingerprint density at radius 1 is 0.935 bits per heavy atom. The summed E-state index contributed by atoms with van der Waals surface area (Å²) in [7, 11) is 1.45. The van der Waals surface area contributed by atoms with Crippen molar-refractivity contribution in [1.29, 1.82) is 0 Å². The molecule has 0 amide bonds. The van der Waals surface area contributed by atoms with E-state index in [2.05, 4.69) is 41.2 Å². The molecule has 2 fully saturated rings. The Hall–Kier alpha value is -2.13. The van der Waals surface area contributed by atoms with Gasteiger partial charge >= 0.3 is 17.9 Å². The van der Waals surface area contributed by atoms with E-state index in [1.807, 2.05) is 0 Å². The van der Waals surface area contributed by atoms with Crippen molar-refractivity contribution in [2.24, 2.45) is 5.92 Å². The summed E-state index contributed by atoms with van der Waals surface area (Å²) in [6, 6.07) is 0.409. The molecule has 5 aliphatic rings. The molecule has 0 aromatic heterocycles. The van der Waals surface area contributed by atoms with Crippen LogP contribution in [0, 0.1) is 5.92 Å². The van der Waals surface area contributed by atoms with Crippen LogP contribution in [0.5, 0.6) is 0 Å². The number of hydrogen-bond acceptors (Lipinski definition) is 8. The lowest BCUT2D eigenvalue weighted by molar-refractivity contribution is -0.609. The quantitative estimate of drug-likeness (QED) is 0.0837. The summed E-state index contributed by atoms with van der Waals surface area (Å²) in [6.07, 6.45) is 26.7. The van der Waals surface area contributed by atoms with Gasteiger partial charge in [0.2, 0.25) is 5.72 Å². The number of carbonyl (C=O) groups is 2. The van der Waals surface area contributed by atoms with Crippen LogP contribution in [-0.4, -0.2) is 71.9 Å². The van der Waals surface area contributed by atoms with Gasteiger partial charge in [0.05, 0.1) is 38.0 Å². The Labute approximate surface area is 277 Å². The first-order valence-electron chi connectivity index (χ1n) is 18.9. The molecule has 7 atom stereocenters. The topological polar surface area (TPSA) is 98.1 Å². The van der Waals surface area contributed by atoms with Crippen LogP contribution in [0.4, 0.5) is 0 Å². The molecule has 9 nitrogen and oxygen atoms in total.